The van der Waals surface area contributed by atoms with E-state index >= 15 is 0 Å². The Bertz CT molecular complexity index is 907. The van der Waals surface area contributed by atoms with Gasteiger partial charge < -0.3 is 14.9 Å². The number of rotatable bonds is 8. The Hall–Kier alpha value is -2.05. The highest BCUT2D eigenvalue weighted by atomic mass is 35.5. The molecule has 0 saturated carbocycles. The van der Waals surface area contributed by atoms with Crippen molar-refractivity contribution in [1.82, 2.24) is 0 Å². The average molecular weight is 441 g/mol. The number of benzene rings is 1. The standard InChI is InChI=1S/C21H22Cl2O6/c1-2-3-5-21-6-4-12(24)8-13(21)17-11(10-21)7-14(18(22)19(17)23)29-15(20(27)28)9-16(25)26/h7-8,15H,2-6,9-10H2,1H3,(H,25,26)(H,27,28). The largest absolute Gasteiger partial charge is 0.481 e. The molecule has 0 aliphatic heterocycles. The fraction of sp³-hybridized carbons (Fsp3) is 0.476. The van der Waals surface area contributed by atoms with Crippen LogP contribution in [-0.2, 0) is 20.8 Å². The molecule has 2 atom stereocenters. The zero-order chi connectivity index (χ0) is 21.3. The molecule has 0 radical (unpaired) electrons. The quantitative estimate of drug-likeness (QED) is 0.602. The molecule has 0 saturated heterocycles. The van der Waals surface area contributed by atoms with Crippen molar-refractivity contribution < 1.29 is 29.3 Å². The first kappa shape index (κ1) is 21.7. The number of carboxylic acid groups (broad SMARTS) is 2. The van der Waals surface area contributed by atoms with E-state index in [1.807, 2.05) is 0 Å². The van der Waals surface area contributed by atoms with Crippen LogP contribution in [0.1, 0.15) is 56.6 Å². The Balaban J connectivity index is 2.04. The van der Waals surface area contributed by atoms with Gasteiger partial charge in [-0.05, 0) is 42.5 Å². The number of hydrogen-bond acceptors (Lipinski definition) is 4. The normalized spacial score (nSPS) is 21.2. The minimum atomic E-state index is -1.59. The smallest absolute Gasteiger partial charge is 0.345 e. The van der Waals surface area contributed by atoms with E-state index in [1.54, 1.807) is 12.1 Å². The van der Waals surface area contributed by atoms with Crippen molar-refractivity contribution in [2.45, 2.75) is 58.0 Å². The molecular weight excluding hydrogens is 419 g/mol. The summed E-state index contributed by atoms with van der Waals surface area (Å²) in [5, 5.41) is 18.4. The summed E-state index contributed by atoms with van der Waals surface area (Å²) >= 11 is 12.9. The second-order valence-corrected chi connectivity index (χ2v) is 8.42. The van der Waals surface area contributed by atoms with E-state index in [0.29, 0.717) is 12.8 Å². The van der Waals surface area contributed by atoms with Crippen LogP contribution < -0.4 is 4.74 Å². The lowest BCUT2D eigenvalue weighted by atomic mass is 9.69. The second-order valence-electron chi connectivity index (χ2n) is 7.66. The van der Waals surface area contributed by atoms with Gasteiger partial charge in [0.05, 0.1) is 11.4 Å². The van der Waals surface area contributed by atoms with Crippen molar-refractivity contribution in [2.75, 3.05) is 0 Å². The topological polar surface area (TPSA) is 101 Å². The Morgan fingerprint density at radius 2 is 2.00 bits per heavy atom. The van der Waals surface area contributed by atoms with Gasteiger partial charge in [0.1, 0.15) is 10.8 Å². The van der Waals surface area contributed by atoms with Gasteiger partial charge in [-0.25, -0.2) is 4.79 Å². The molecule has 29 heavy (non-hydrogen) atoms. The number of hydrogen-bond donors (Lipinski definition) is 2. The molecule has 2 N–H and O–H groups in total. The van der Waals surface area contributed by atoms with Crippen molar-refractivity contribution in [2.24, 2.45) is 5.41 Å². The Kier molecular flexibility index (Phi) is 6.24. The van der Waals surface area contributed by atoms with Gasteiger partial charge in [-0.15, -0.1) is 0 Å². The van der Waals surface area contributed by atoms with Crippen LogP contribution >= 0.6 is 23.2 Å². The molecule has 0 bridgehead atoms. The Labute approximate surface area is 178 Å². The maximum absolute atomic E-state index is 12.1. The number of aliphatic carboxylic acids is 2. The van der Waals surface area contributed by atoms with Crippen molar-refractivity contribution >= 4 is 46.5 Å². The van der Waals surface area contributed by atoms with E-state index < -0.39 is 24.5 Å². The van der Waals surface area contributed by atoms with Crippen LogP contribution in [0.25, 0.3) is 5.57 Å². The summed E-state index contributed by atoms with van der Waals surface area (Å²) < 4.78 is 5.43. The lowest BCUT2D eigenvalue weighted by Gasteiger charge is -2.34. The monoisotopic (exact) mass is 440 g/mol. The summed E-state index contributed by atoms with van der Waals surface area (Å²) in [6.45, 7) is 2.11. The molecule has 6 nitrogen and oxygen atoms in total. The van der Waals surface area contributed by atoms with E-state index in [9.17, 15) is 19.5 Å². The highest BCUT2D eigenvalue weighted by Crippen LogP contribution is 2.58. The van der Waals surface area contributed by atoms with Gasteiger partial charge in [0, 0.05) is 17.4 Å². The zero-order valence-electron chi connectivity index (χ0n) is 16.0. The van der Waals surface area contributed by atoms with Crippen molar-refractivity contribution in [3.63, 3.8) is 0 Å². The second kappa shape index (κ2) is 8.36. The predicted molar refractivity (Wildman–Crippen MR) is 109 cm³/mol. The van der Waals surface area contributed by atoms with Crippen LogP contribution in [0.15, 0.2) is 12.1 Å². The molecule has 2 unspecified atom stereocenters. The number of fused-ring (bicyclic) bond motifs is 3. The summed E-state index contributed by atoms with van der Waals surface area (Å²) in [5.74, 6) is -2.60. The SMILES string of the molecule is CCCCC12CCC(=O)C=C1c1c(cc(OC(CC(=O)O)C(=O)O)c(Cl)c1Cl)C2. The number of carbonyl (C=O) groups excluding carboxylic acids is 1. The van der Waals surface area contributed by atoms with Crippen molar-refractivity contribution in [1.29, 1.82) is 0 Å². The first-order chi connectivity index (χ1) is 13.7. The first-order valence-corrected chi connectivity index (χ1v) is 10.3. The molecule has 3 rings (SSSR count). The maximum atomic E-state index is 12.1. The van der Waals surface area contributed by atoms with Gasteiger partial charge in [0.25, 0.3) is 0 Å². The summed E-state index contributed by atoms with van der Waals surface area (Å²) in [5.41, 5.74) is 2.27. The van der Waals surface area contributed by atoms with Gasteiger partial charge in [-0.3, -0.25) is 9.59 Å². The molecule has 8 heteroatoms. The minimum Gasteiger partial charge on any atom is -0.481 e. The highest BCUT2D eigenvalue weighted by Gasteiger charge is 2.45. The number of carboxylic acids is 2. The number of allylic oxidation sites excluding steroid dienone is 2. The maximum Gasteiger partial charge on any atom is 0.345 e. The molecule has 0 spiro atoms. The fourth-order valence-corrected chi connectivity index (χ4v) is 4.80. The van der Waals surface area contributed by atoms with Crippen LogP contribution in [0.3, 0.4) is 0 Å². The molecule has 2 aliphatic carbocycles. The van der Waals surface area contributed by atoms with Gasteiger partial charge >= 0.3 is 11.9 Å². The average Bonchev–Trinajstić information content (AvgIpc) is 2.97. The van der Waals surface area contributed by atoms with Crippen molar-refractivity contribution in [3.05, 3.63) is 33.3 Å². The molecule has 0 heterocycles. The lowest BCUT2D eigenvalue weighted by Crippen LogP contribution is -2.29. The molecule has 156 valence electrons. The van der Waals surface area contributed by atoms with Crippen LogP contribution in [0.4, 0.5) is 0 Å². The van der Waals surface area contributed by atoms with E-state index in [4.69, 9.17) is 33.0 Å². The minimum absolute atomic E-state index is 0.0206. The number of halogens is 2. The summed E-state index contributed by atoms with van der Waals surface area (Å²) in [4.78, 5) is 34.4. The summed E-state index contributed by atoms with van der Waals surface area (Å²) in [6.07, 6.45) is 4.19. The van der Waals surface area contributed by atoms with E-state index in [0.717, 1.165) is 42.4 Å². The molecule has 0 aromatic heterocycles. The molecule has 1 aromatic rings. The predicted octanol–water partition coefficient (Wildman–Crippen LogP) is 4.78. The molecule has 0 fully saturated rings. The highest BCUT2D eigenvalue weighted by molar-refractivity contribution is 6.44. The third kappa shape index (κ3) is 4.14. The third-order valence-electron chi connectivity index (χ3n) is 5.69. The summed E-state index contributed by atoms with van der Waals surface area (Å²) in [6, 6.07) is 1.64. The number of ketones is 1. The fourth-order valence-electron chi connectivity index (χ4n) is 4.29. The van der Waals surface area contributed by atoms with E-state index in [2.05, 4.69) is 6.92 Å². The molecular formula is C21H22Cl2O6. The number of ether oxygens (including phenoxy) is 1. The van der Waals surface area contributed by atoms with Crippen LogP contribution in [0, 0.1) is 5.41 Å². The van der Waals surface area contributed by atoms with E-state index in [1.165, 1.54) is 0 Å². The lowest BCUT2D eigenvalue weighted by molar-refractivity contribution is -0.151. The van der Waals surface area contributed by atoms with Crippen LogP contribution in [-0.4, -0.2) is 34.0 Å². The van der Waals surface area contributed by atoms with Crippen LogP contribution in [0.5, 0.6) is 5.75 Å². The molecule has 2 aliphatic rings. The number of unbranched alkanes of at least 4 members (excludes halogenated alkanes) is 1. The Morgan fingerprint density at radius 1 is 1.28 bits per heavy atom. The summed E-state index contributed by atoms with van der Waals surface area (Å²) in [7, 11) is 0. The number of carbonyl (C=O) groups is 3. The Morgan fingerprint density at radius 3 is 2.62 bits per heavy atom. The van der Waals surface area contributed by atoms with Gasteiger partial charge in [0.15, 0.2) is 5.78 Å². The third-order valence-corrected chi connectivity index (χ3v) is 6.54. The molecule has 1 aromatic carbocycles. The van der Waals surface area contributed by atoms with Crippen molar-refractivity contribution in [3.8, 4) is 5.75 Å². The van der Waals surface area contributed by atoms with Gasteiger partial charge in [-0.2, -0.15) is 0 Å². The van der Waals surface area contributed by atoms with Crippen LogP contribution in [0.2, 0.25) is 10.0 Å². The molecule has 0 amide bonds. The zero-order valence-corrected chi connectivity index (χ0v) is 17.5. The first-order valence-electron chi connectivity index (χ1n) is 9.56. The van der Waals surface area contributed by atoms with E-state index in [-0.39, 0.29) is 27.0 Å². The van der Waals surface area contributed by atoms with Gasteiger partial charge in [-0.1, -0.05) is 43.0 Å². The van der Waals surface area contributed by atoms with Gasteiger partial charge in [0.2, 0.25) is 6.10 Å².